The Labute approximate surface area is 147 Å². The van der Waals surface area contributed by atoms with Crippen molar-refractivity contribution in [3.63, 3.8) is 0 Å². The van der Waals surface area contributed by atoms with E-state index in [2.05, 4.69) is 10.6 Å². The second-order valence-corrected chi connectivity index (χ2v) is 6.45. The summed E-state index contributed by atoms with van der Waals surface area (Å²) >= 11 is 0. The van der Waals surface area contributed by atoms with Gasteiger partial charge in [0.05, 0.1) is 11.4 Å². The van der Waals surface area contributed by atoms with E-state index in [0.29, 0.717) is 35.8 Å². The summed E-state index contributed by atoms with van der Waals surface area (Å²) in [5.74, 6) is 0.941. The van der Waals surface area contributed by atoms with Gasteiger partial charge in [0.25, 0.3) is 0 Å². The zero-order valence-corrected chi connectivity index (χ0v) is 14.9. The third-order valence-electron chi connectivity index (χ3n) is 3.37. The topological polar surface area (TPSA) is 103 Å². The number of hydrogen-bond donors (Lipinski definition) is 3. The fourth-order valence-corrected chi connectivity index (χ4v) is 1.99. The first-order valence-electron chi connectivity index (χ1n) is 7.54. The van der Waals surface area contributed by atoms with Crippen LogP contribution in [-0.2, 0) is 9.59 Å². The number of hydrogen-bond acceptors (Lipinski definition) is 5. The van der Waals surface area contributed by atoms with Crippen LogP contribution >= 0.6 is 12.4 Å². The number of amides is 2. The van der Waals surface area contributed by atoms with Crippen molar-refractivity contribution in [1.29, 1.82) is 0 Å². The van der Waals surface area contributed by atoms with Gasteiger partial charge in [0, 0.05) is 30.5 Å². The SMILES string of the molecule is CC(C)(C)C(=O)NCCCC(=O)Nc1cc2c(cc1N)OCO2.Cl. The molecule has 0 saturated heterocycles. The maximum absolute atomic E-state index is 12.0. The lowest BCUT2D eigenvalue weighted by Crippen LogP contribution is -2.35. The minimum absolute atomic E-state index is 0. The van der Waals surface area contributed by atoms with Crippen molar-refractivity contribution in [2.75, 3.05) is 24.4 Å². The van der Waals surface area contributed by atoms with Gasteiger partial charge in [0.1, 0.15) is 0 Å². The van der Waals surface area contributed by atoms with E-state index in [4.69, 9.17) is 15.2 Å². The molecule has 134 valence electrons. The van der Waals surface area contributed by atoms with E-state index < -0.39 is 5.41 Å². The third-order valence-corrected chi connectivity index (χ3v) is 3.37. The van der Waals surface area contributed by atoms with E-state index in [1.165, 1.54) is 0 Å². The fraction of sp³-hybridized carbons (Fsp3) is 0.500. The molecule has 0 aromatic heterocycles. The van der Waals surface area contributed by atoms with Crippen LogP contribution in [0.5, 0.6) is 11.5 Å². The summed E-state index contributed by atoms with van der Waals surface area (Å²) in [6, 6.07) is 3.28. The van der Waals surface area contributed by atoms with Crippen LogP contribution in [0.2, 0.25) is 0 Å². The number of carbonyl (C=O) groups excluding carboxylic acids is 2. The van der Waals surface area contributed by atoms with Crippen LogP contribution in [0.15, 0.2) is 12.1 Å². The van der Waals surface area contributed by atoms with Crippen molar-refractivity contribution < 1.29 is 19.1 Å². The molecule has 0 aliphatic carbocycles. The van der Waals surface area contributed by atoms with Crippen LogP contribution in [0.3, 0.4) is 0 Å². The van der Waals surface area contributed by atoms with Crippen molar-refractivity contribution >= 4 is 35.6 Å². The molecule has 2 amide bonds. The molecule has 0 radical (unpaired) electrons. The number of ether oxygens (including phenoxy) is 2. The molecule has 1 heterocycles. The Balaban J connectivity index is 0.00000288. The average Bonchev–Trinajstić information content (AvgIpc) is 2.89. The third kappa shape index (κ3) is 5.19. The highest BCUT2D eigenvalue weighted by atomic mass is 35.5. The molecular weight excluding hydrogens is 334 g/mol. The maximum atomic E-state index is 12.0. The molecule has 0 bridgehead atoms. The van der Waals surface area contributed by atoms with E-state index in [1.807, 2.05) is 20.8 Å². The first-order valence-corrected chi connectivity index (χ1v) is 7.54. The highest BCUT2D eigenvalue weighted by Gasteiger charge is 2.20. The molecule has 0 unspecified atom stereocenters. The Morgan fingerprint density at radius 3 is 2.46 bits per heavy atom. The molecule has 4 N–H and O–H groups in total. The minimum atomic E-state index is -0.427. The Morgan fingerprint density at radius 2 is 1.83 bits per heavy atom. The van der Waals surface area contributed by atoms with Gasteiger partial charge >= 0.3 is 0 Å². The second-order valence-electron chi connectivity index (χ2n) is 6.45. The number of anilines is 2. The normalized spacial score (nSPS) is 12.3. The number of nitrogens with two attached hydrogens (primary N) is 1. The number of benzene rings is 1. The second kappa shape index (κ2) is 8.10. The summed E-state index contributed by atoms with van der Waals surface area (Å²) in [6.45, 7) is 6.14. The van der Waals surface area contributed by atoms with Crippen LogP contribution < -0.4 is 25.8 Å². The zero-order valence-electron chi connectivity index (χ0n) is 14.1. The van der Waals surface area contributed by atoms with E-state index in [1.54, 1.807) is 12.1 Å². The lowest BCUT2D eigenvalue weighted by atomic mass is 9.96. The van der Waals surface area contributed by atoms with Crippen LogP contribution in [0.25, 0.3) is 0 Å². The summed E-state index contributed by atoms with van der Waals surface area (Å²) in [5.41, 5.74) is 6.37. The highest BCUT2D eigenvalue weighted by Crippen LogP contribution is 2.38. The van der Waals surface area contributed by atoms with Crippen molar-refractivity contribution in [2.24, 2.45) is 5.41 Å². The Morgan fingerprint density at radius 1 is 1.21 bits per heavy atom. The Bertz CT molecular complexity index is 614. The molecule has 0 fully saturated rings. The number of nitrogens with one attached hydrogen (secondary N) is 2. The zero-order chi connectivity index (χ0) is 17.0. The lowest BCUT2D eigenvalue weighted by Gasteiger charge is -2.17. The molecule has 8 heteroatoms. The van der Waals surface area contributed by atoms with E-state index >= 15 is 0 Å². The molecule has 1 aliphatic heterocycles. The summed E-state index contributed by atoms with van der Waals surface area (Å²) in [4.78, 5) is 23.7. The molecule has 2 rings (SSSR count). The molecule has 0 atom stereocenters. The molecular formula is C16H24ClN3O4. The first kappa shape index (κ1) is 19.9. The highest BCUT2D eigenvalue weighted by molar-refractivity contribution is 5.94. The smallest absolute Gasteiger partial charge is 0.231 e. The first-order chi connectivity index (χ1) is 10.8. The van der Waals surface area contributed by atoms with Crippen molar-refractivity contribution in [3.05, 3.63) is 12.1 Å². The van der Waals surface area contributed by atoms with Crippen molar-refractivity contribution in [2.45, 2.75) is 33.6 Å². The van der Waals surface area contributed by atoms with Crippen LogP contribution in [0.4, 0.5) is 11.4 Å². The van der Waals surface area contributed by atoms with E-state index in [-0.39, 0.29) is 37.4 Å². The quantitative estimate of drug-likeness (QED) is 0.554. The van der Waals surface area contributed by atoms with E-state index in [9.17, 15) is 9.59 Å². The number of carbonyl (C=O) groups is 2. The minimum Gasteiger partial charge on any atom is -0.454 e. The Kier molecular flexibility index (Phi) is 6.71. The molecule has 1 aliphatic rings. The summed E-state index contributed by atoms with van der Waals surface area (Å²) < 4.78 is 10.5. The van der Waals surface area contributed by atoms with Gasteiger partial charge in [-0.15, -0.1) is 12.4 Å². The van der Waals surface area contributed by atoms with Gasteiger partial charge in [-0.1, -0.05) is 20.8 Å². The van der Waals surface area contributed by atoms with Gasteiger partial charge in [-0.25, -0.2) is 0 Å². The van der Waals surface area contributed by atoms with Crippen molar-refractivity contribution in [1.82, 2.24) is 5.32 Å². The average molecular weight is 358 g/mol. The monoisotopic (exact) mass is 357 g/mol. The van der Waals surface area contributed by atoms with Gasteiger partial charge < -0.3 is 25.8 Å². The van der Waals surface area contributed by atoms with Crippen molar-refractivity contribution in [3.8, 4) is 11.5 Å². The number of rotatable bonds is 5. The molecule has 0 spiro atoms. The Hall–Kier alpha value is -2.15. The summed E-state index contributed by atoms with van der Waals surface area (Å²) in [5, 5.41) is 5.55. The van der Waals surface area contributed by atoms with Gasteiger partial charge in [-0.3, -0.25) is 9.59 Å². The standard InChI is InChI=1S/C16H23N3O4.ClH/c1-16(2,3)15(21)18-6-4-5-14(20)19-11-8-13-12(7-10(11)17)22-9-23-13;/h7-8H,4-6,9,17H2,1-3H3,(H,18,21)(H,19,20);1H. The molecule has 1 aromatic carbocycles. The van der Waals surface area contributed by atoms with Gasteiger partial charge in [-0.2, -0.15) is 0 Å². The fourth-order valence-electron chi connectivity index (χ4n) is 1.99. The van der Waals surface area contributed by atoms with Gasteiger partial charge in [-0.05, 0) is 6.42 Å². The molecule has 0 saturated carbocycles. The molecule has 1 aromatic rings. The number of nitrogen functional groups attached to an aromatic ring is 1. The number of fused-ring (bicyclic) bond motifs is 1. The van der Waals surface area contributed by atoms with Gasteiger partial charge in [0.15, 0.2) is 11.5 Å². The number of halogens is 1. The largest absolute Gasteiger partial charge is 0.454 e. The lowest BCUT2D eigenvalue weighted by molar-refractivity contribution is -0.128. The molecule has 24 heavy (non-hydrogen) atoms. The summed E-state index contributed by atoms with van der Waals surface area (Å²) in [6.07, 6.45) is 0.844. The predicted molar refractivity (Wildman–Crippen MR) is 94.6 cm³/mol. The molecule has 7 nitrogen and oxygen atoms in total. The van der Waals surface area contributed by atoms with Crippen LogP contribution in [0.1, 0.15) is 33.6 Å². The van der Waals surface area contributed by atoms with Gasteiger partial charge in [0.2, 0.25) is 18.6 Å². The van der Waals surface area contributed by atoms with E-state index in [0.717, 1.165) is 0 Å². The van der Waals surface area contributed by atoms with Crippen LogP contribution in [-0.4, -0.2) is 25.2 Å². The van der Waals surface area contributed by atoms with Crippen LogP contribution in [0, 0.1) is 5.41 Å². The predicted octanol–water partition coefficient (Wildman–Crippen LogP) is 2.30. The maximum Gasteiger partial charge on any atom is 0.231 e. The summed E-state index contributed by atoms with van der Waals surface area (Å²) in [7, 11) is 0.